The summed E-state index contributed by atoms with van der Waals surface area (Å²) in [7, 11) is -2.23. The summed E-state index contributed by atoms with van der Waals surface area (Å²) in [6.07, 6.45) is 0. The van der Waals surface area contributed by atoms with Crippen LogP contribution in [0.3, 0.4) is 0 Å². The number of hydrogen-bond acceptors (Lipinski definition) is 4. The van der Waals surface area contributed by atoms with Gasteiger partial charge in [0.15, 0.2) is 0 Å². The molecule has 0 atom stereocenters. The van der Waals surface area contributed by atoms with Gasteiger partial charge in [-0.15, -0.1) is 0 Å². The van der Waals surface area contributed by atoms with E-state index in [1.165, 1.54) is 11.1 Å². The summed E-state index contributed by atoms with van der Waals surface area (Å²) >= 11 is 0. The molecule has 0 unspecified atom stereocenters. The molecule has 3 aromatic rings. The highest BCUT2D eigenvalue weighted by Crippen LogP contribution is 2.29. The minimum Gasteiger partial charge on any atom is -0.496 e. The van der Waals surface area contributed by atoms with Crippen molar-refractivity contribution in [2.45, 2.75) is 25.7 Å². The van der Waals surface area contributed by atoms with Gasteiger partial charge in [-0.25, -0.2) is 17.4 Å². The maximum atomic E-state index is 13.2. The molecule has 3 rings (SSSR count). The number of nitrogens with zero attached hydrogens (tertiary/aromatic N) is 2. The van der Waals surface area contributed by atoms with Gasteiger partial charge in [0.05, 0.1) is 23.0 Å². The van der Waals surface area contributed by atoms with E-state index in [1.807, 2.05) is 19.1 Å². The molecular weight excluding hydrogens is 312 g/mol. The van der Waals surface area contributed by atoms with Crippen LogP contribution in [-0.4, -0.2) is 24.5 Å². The average Bonchev–Trinajstić information content (AvgIpc) is 2.83. The van der Waals surface area contributed by atoms with Gasteiger partial charge < -0.3 is 4.74 Å². The van der Waals surface area contributed by atoms with Crippen molar-refractivity contribution in [3.63, 3.8) is 0 Å². The first-order valence-corrected chi connectivity index (χ1v) is 8.65. The average molecular weight is 330 g/mol. The van der Waals surface area contributed by atoms with E-state index in [1.54, 1.807) is 38.1 Å². The number of para-hydroxylation sites is 2. The van der Waals surface area contributed by atoms with Gasteiger partial charge in [0.25, 0.3) is 10.0 Å². The van der Waals surface area contributed by atoms with Gasteiger partial charge in [-0.05, 0) is 44.0 Å². The van der Waals surface area contributed by atoms with Crippen molar-refractivity contribution in [1.82, 2.24) is 8.96 Å². The van der Waals surface area contributed by atoms with Gasteiger partial charge in [-0.1, -0.05) is 18.2 Å². The quantitative estimate of drug-likeness (QED) is 0.740. The van der Waals surface area contributed by atoms with Gasteiger partial charge in [-0.3, -0.25) is 0 Å². The van der Waals surface area contributed by atoms with Crippen LogP contribution in [0.25, 0.3) is 11.0 Å². The molecule has 0 aliphatic heterocycles. The Balaban J connectivity index is 2.32. The summed E-state index contributed by atoms with van der Waals surface area (Å²) < 4.78 is 33.0. The maximum absolute atomic E-state index is 13.2. The number of hydrogen-bond donors (Lipinski definition) is 0. The molecule has 2 aromatic carbocycles. The van der Waals surface area contributed by atoms with Gasteiger partial charge in [0.2, 0.25) is 0 Å². The Bertz CT molecular complexity index is 1000. The lowest BCUT2D eigenvalue weighted by Gasteiger charge is -2.14. The molecule has 0 bridgehead atoms. The predicted octanol–water partition coefficient (Wildman–Crippen LogP) is 3.21. The number of rotatable bonds is 3. The summed E-state index contributed by atoms with van der Waals surface area (Å²) in [5, 5.41) is 0. The molecule has 6 heteroatoms. The monoisotopic (exact) mass is 330 g/mol. The minimum atomic E-state index is -3.76. The van der Waals surface area contributed by atoms with Crippen LogP contribution in [0.1, 0.15) is 17.0 Å². The van der Waals surface area contributed by atoms with Gasteiger partial charge in [-0.2, -0.15) is 0 Å². The fourth-order valence-corrected chi connectivity index (χ4v) is 4.56. The van der Waals surface area contributed by atoms with Crippen LogP contribution in [0.15, 0.2) is 41.3 Å². The second-order valence-electron chi connectivity index (χ2n) is 5.50. The Kier molecular flexibility index (Phi) is 3.64. The van der Waals surface area contributed by atoms with Crippen molar-refractivity contribution < 1.29 is 13.2 Å². The molecule has 0 fully saturated rings. The third-order valence-corrected chi connectivity index (χ3v) is 5.82. The highest BCUT2D eigenvalue weighted by molar-refractivity contribution is 7.90. The first-order chi connectivity index (χ1) is 10.9. The Hall–Kier alpha value is -2.34. The SMILES string of the molecule is COc1cc(S(=O)(=O)n2c(C)nc3ccccc32)c(C)cc1C. The second-order valence-corrected chi connectivity index (χ2v) is 7.26. The van der Waals surface area contributed by atoms with E-state index < -0.39 is 10.0 Å². The van der Waals surface area contributed by atoms with Gasteiger partial charge in [0, 0.05) is 6.07 Å². The fraction of sp³-hybridized carbons (Fsp3) is 0.235. The standard InChI is InChI=1S/C17H18N2O3S/c1-11-9-12(2)17(10-16(11)22-4)23(20,21)19-13(3)18-14-7-5-6-8-15(14)19/h5-10H,1-4H3. The molecule has 0 N–H and O–H groups in total. The van der Waals surface area contributed by atoms with Crippen molar-refractivity contribution in [3.05, 3.63) is 53.3 Å². The van der Waals surface area contributed by atoms with Crippen LogP contribution in [0.4, 0.5) is 0 Å². The van der Waals surface area contributed by atoms with Crippen LogP contribution in [-0.2, 0) is 10.0 Å². The van der Waals surface area contributed by atoms with Crippen molar-refractivity contribution >= 4 is 21.1 Å². The van der Waals surface area contributed by atoms with E-state index in [-0.39, 0.29) is 4.90 Å². The molecule has 0 aliphatic carbocycles. The van der Waals surface area contributed by atoms with E-state index >= 15 is 0 Å². The van der Waals surface area contributed by atoms with Gasteiger partial charge >= 0.3 is 0 Å². The number of aromatic nitrogens is 2. The smallest absolute Gasteiger partial charge is 0.270 e. The first-order valence-electron chi connectivity index (χ1n) is 7.21. The fourth-order valence-electron chi connectivity index (χ4n) is 2.84. The minimum absolute atomic E-state index is 0.228. The maximum Gasteiger partial charge on any atom is 0.270 e. The highest BCUT2D eigenvalue weighted by Gasteiger charge is 2.25. The Morgan fingerprint density at radius 3 is 2.43 bits per heavy atom. The molecule has 0 amide bonds. The van der Waals surface area contributed by atoms with Crippen molar-refractivity contribution in [3.8, 4) is 5.75 Å². The number of ether oxygens (including phenoxy) is 1. The van der Waals surface area contributed by atoms with Crippen LogP contribution < -0.4 is 4.74 Å². The molecule has 120 valence electrons. The van der Waals surface area contributed by atoms with Crippen molar-refractivity contribution in [2.24, 2.45) is 0 Å². The zero-order chi connectivity index (χ0) is 16.8. The van der Waals surface area contributed by atoms with Crippen molar-refractivity contribution in [2.75, 3.05) is 7.11 Å². The van der Waals surface area contributed by atoms with E-state index in [0.717, 1.165) is 5.56 Å². The highest BCUT2D eigenvalue weighted by atomic mass is 32.2. The lowest BCUT2D eigenvalue weighted by atomic mass is 10.1. The van der Waals surface area contributed by atoms with Crippen LogP contribution >= 0.6 is 0 Å². The van der Waals surface area contributed by atoms with E-state index in [0.29, 0.717) is 28.2 Å². The lowest BCUT2D eigenvalue weighted by Crippen LogP contribution is -2.16. The largest absolute Gasteiger partial charge is 0.496 e. The van der Waals surface area contributed by atoms with Gasteiger partial charge in [0.1, 0.15) is 11.6 Å². The molecule has 1 aromatic heterocycles. The molecule has 23 heavy (non-hydrogen) atoms. The van der Waals surface area contributed by atoms with Crippen molar-refractivity contribution in [1.29, 1.82) is 0 Å². The Morgan fingerprint density at radius 2 is 1.74 bits per heavy atom. The topological polar surface area (TPSA) is 61.2 Å². The third kappa shape index (κ3) is 2.39. The predicted molar refractivity (Wildman–Crippen MR) is 89.5 cm³/mol. The van der Waals surface area contributed by atoms with E-state index in [2.05, 4.69) is 4.98 Å². The summed E-state index contributed by atoms with van der Waals surface area (Å²) in [5.74, 6) is 0.987. The van der Waals surface area contributed by atoms with Crippen LogP contribution in [0.5, 0.6) is 5.75 Å². The molecular formula is C17H18N2O3S. The second kappa shape index (κ2) is 5.38. The zero-order valence-electron chi connectivity index (χ0n) is 13.5. The Morgan fingerprint density at radius 1 is 1.04 bits per heavy atom. The van der Waals surface area contributed by atoms with E-state index in [4.69, 9.17) is 4.74 Å². The number of fused-ring (bicyclic) bond motifs is 1. The summed E-state index contributed by atoms with van der Waals surface area (Å²) in [6, 6.07) is 10.6. The molecule has 0 radical (unpaired) electrons. The number of benzene rings is 2. The first kappa shape index (κ1) is 15.6. The molecule has 0 spiro atoms. The third-order valence-electron chi connectivity index (χ3n) is 3.89. The molecule has 0 aliphatic rings. The lowest BCUT2D eigenvalue weighted by molar-refractivity contribution is 0.410. The van der Waals surface area contributed by atoms with E-state index in [9.17, 15) is 8.42 Å². The zero-order valence-corrected chi connectivity index (χ0v) is 14.3. The normalized spacial score (nSPS) is 11.8. The van der Waals surface area contributed by atoms with Crippen LogP contribution in [0.2, 0.25) is 0 Å². The number of methoxy groups -OCH3 is 1. The molecule has 0 saturated carbocycles. The summed E-state index contributed by atoms with van der Waals surface area (Å²) in [4.78, 5) is 4.58. The number of aryl methyl sites for hydroxylation is 3. The summed E-state index contributed by atoms with van der Waals surface area (Å²) in [5.41, 5.74) is 2.81. The molecule has 5 nitrogen and oxygen atoms in total. The molecule has 1 heterocycles. The number of imidazole rings is 1. The van der Waals surface area contributed by atoms with Crippen LogP contribution in [0, 0.1) is 20.8 Å². The Labute approximate surface area is 135 Å². The molecule has 0 saturated heterocycles. The summed E-state index contributed by atoms with van der Waals surface area (Å²) in [6.45, 7) is 5.37.